The van der Waals surface area contributed by atoms with Gasteiger partial charge in [0.25, 0.3) is 0 Å². The highest BCUT2D eigenvalue weighted by Gasteiger charge is 2.10. The van der Waals surface area contributed by atoms with E-state index in [1.54, 1.807) is 0 Å². The van der Waals surface area contributed by atoms with Crippen molar-refractivity contribution in [1.82, 2.24) is 0 Å². The number of unbranched alkanes of at least 4 members (excludes halogenated alkanes) is 4. The second-order valence-corrected chi connectivity index (χ2v) is 7.49. The van der Waals surface area contributed by atoms with Crippen LogP contribution >= 0.6 is 15.9 Å². The van der Waals surface area contributed by atoms with Gasteiger partial charge in [0.1, 0.15) is 11.5 Å². The average molecular weight is 393 g/mol. The molecule has 0 radical (unpaired) electrons. The van der Waals surface area contributed by atoms with E-state index in [9.17, 15) is 0 Å². The summed E-state index contributed by atoms with van der Waals surface area (Å²) in [7, 11) is 0. The van der Waals surface area contributed by atoms with Gasteiger partial charge < -0.3 is 9.47 Å². The van der Waals surface area contributed by atoms with Gasteiger partial charge in [-0.25, -0.2) is 0 Å². The minimum absolute atomic E-state index is 0.00978. The van der Waals surface area contributed by atoms with Crippen molar-refractivity contribution in [2.24, 2.45) is 0 Å². The lowest BCUT2D eigenvalue weighted by Gasteiger charge is -2.15. The fraction of sp³-hybridized carbons (Fsp3) is 0.524. The van der Waals surface area contributed by atoms with E-state index in [4.69, 9.17) is 9.47 Å². The molecule has 24 heavy (non-hydrogen) atoms. The first-order valence-electron chi connectivity index (χ1n) is 9.14. The molecule has 0 spiro atoms. The Hall–Kier alpha value is -1.22. The predicted molar refractivity (Wildman–Crippen MR) is 107 cm³/mol. The van der Waals surface area contributed by atoms with E-state index in [1.165, 1.54) is 42.0 Å². The number of benzene rings is 2. The van der Waals surface area contributed by atoms with Crippen molar-refractivity contribution < 1.29 is 9.47 Å². The van der Waals surface area contributed by atoms with Crippen molar-refractivity contribution in [3.8, 4) is 11.5 Å². The monoisotopic (exact) mass is 392 g/mol. The van der Waals surface area contributed by atoms with Crippen LogP contribution in [0.4, 0.5) is 0 Å². The summed E-state index contributed by atoms with van der Waals surface area (Å²) in [6.45, 7) is 7.20. The lowest BCUT2D eigenvalue weighted by molar-refractivity contribution is 0.305. The lowest BCUT2D eigenvalue weighted by Crippen LogP contribution is -2.04. The van der Waals surface area contributed by atoms with Crippen molar-refractivity contribution in [2.75, 3.05) is 6.61 Å². The van der Waals surface area contributed by atoms with E-state index in [-0.39, 0.29) is 5.01 Å². The molecule has 0 bridgehead atoms. The van der Waals surface area contributed by atoms with E-state index in [0.29, 0.717) is 0 Å². The van der Waals surface area contributed by atoms with Gasteiger partial charge in [0, 0.05) is 5.56 Å². The maximum atomic E-state index is 5.92. The number of halogens is 1. The fourth-order valence-corrected chi connectivity index (χ4v) is 3.19. The Kier molecular flexibility index (Phi) is 7.90. The molecule has 1 atom stereocenters. The number of ether oxygens (including phenoxy) is 2. The minimum Gasteiger partial charge on any atom is -0.494 e. The molecule has 0 saturated carbocycles. The van der Waals surface area contributed by atoms with E-state index in [1.807, 2.05) is 6.92 Å². The molecule has 0 aliphatic heterocycles. The number of alkyl halides is 1. The second-order valence-electron chi connectivity index (χ2n) is 6.20. The number of hydrogen-bond donors (Lipinski definition) is 0. The Morgan fingerprint density at radius 1 is 1.00 bits per heavy atom. The van der Waals surface area contributed by atoms with Crippen molar-refractivity contribution in [3.63, 3.8) is 0 Å². The third-order valence-electron chi connectivity index (χ3n) is 4.22. The van der Waals surface area contributed by atoms with Gasteiger partial charge in [-0.2, -0.15) is 0 Å². The van der Waals surface area contributed by atoms with Crippen LogP contribution in [0.5, 0.6) is 11.5 Å². The zero-order valence-corrected chi connectivity index (χ0v) is 16.7. The van der Waals surface area contributed by atoms with Gasteiger partial charge in [0.2, 0.25) is 0 Å². The van der Waals surface area contributed by atoms with E-state index in [2.05, 4.69) is 60.1 Å². The summed E-state index contributed by atoms with van der Waals surface area (Å²) in [5.41, 5.74) is 1.25. The topological polar surface area (TPSA) is 18.5 Å². The first-order chi connectivity index (χ1) is 11.7. The second kappa shape index (κ2) is 9.93. The van der Waals surface area contributed by atoms with E-state index in [0.717, 1.165) is 30.9 Å². The van der Waals surface area contributed by atoms with Crippen molar-refractivity contribution in [2.45, 2.75) is 64.3 Å². The quantitative estimate of drug-likeness (QED) is 0.324. The molecule has 2 aromatic rings. The van der Waals surface area contributed by atoms with Crippen LogP contribution in [0, 0.1) is 0 Å². The van der Waals surface area contributed by atoms with Crippen LogP contribution in [-0.4, -0.2) is 11.6 Å². The minimum atomic E-state index is 0.00978. The third-order valence-corrected chi connectivity index (χ3v) is 4.41. The molecule has 0 aliphatic carbocycles. The highest BCUT2D eigenvalue weighted by Crippen LogP contribution is 2.32. The van der Waals surface area contributed by atoms with Crippen LogP contribution in [-0.2, 0) is 6.42 Å². The molecule has 132 valence electrons. The Morgan fingerprint density at radius 2 is 1.79 bits per heavy atom. The van der Waals surface area contributed by atoms with Crippen LogP contribution in [0.25, 0.3) is 10.8 Å². The highest BCUT2D eigenvalue weighted by molar-refractivity contribution is 9.09. The molecule has 3 heteroatoms. The highest BCUT2D eigenvalue weighted by atomic mass is 79.9. The standard InChI is InChI=1S/C21H29BrO2/c1-4-6-7-8-9-14-23-18-11-12-20-17(15-18)10-13-21(19(20)5-2)24-16(3)22/h10-13,15-16H,4-9,14H2,1-3H3. The van der Waals surface area contributed by atoms with Gasteiger partial charge in [-0.05, 0) is 64.7 Å². The van der Waals surface area contributed by atoms with Crippen LogP contribution < -0.4 is 9.47 Å². The summed E-state index contributed by atoms with van der Waals surface area (Å²) < 4.78 is 11.8. The SMILES string of the molecule is CCCCCCCOc1ccc2c(CC)c(OC(C)Br)ccc2c1. The zero-order chi connectivity index (χ0) is 17.4. The molecule has 0 saturated heterocycles. The molecule has 0 aliphatic rings. The molecule has 0 N–H and O–H groups in total. The number of hydrogen-bond acceptors (Lipinski definition) is 2. The van der Waals surface area contributed by atoms with E-state index >= 15 is 0 Å². The average Bonchev–Trinajstić information content (AvgIpc) is 2.57. The Balaban J connectivity index is 2.05. The Bertz CT molecular complexity index is 637. The van der Waals surface area contributed by atoms with Crippen LogP contribution in [0.2, 0.25) is 0 Å². The normalized spacial score (nSPS) is 12.3. The molecule has 1 unspecified atom stereocenters. The van der Waals surface area contributed by atoms with Gasteiger partial charge in [-0.15, -0.1) is 0 Å². The predicted octanol–water partition coefficient (Wildman–Crippen LogP) is 6.87. The maximum absolute atomic E-state index is 5.92. The molecule has 2 nitrogen and oxygen atoms in total. The number of fused-ring (bicyclic) bond motifs is 1. The molecule has 2 rings (SSSR count). The smallest absolute Gasteiger partial charge is 0.150 e. The zero-order valence-electron chi connectivity index (χ0n) is 15.1. The molecule has 2 aromatic carbocycles. The van der Waals surface area contributed by atoms with Crippen LogP contribution in [0.15, 0.2) is 30.3 Å². The molecule has 0 aromatic heterocycles. The number of rotatable bonds is 10. The van der Waals surface area contributed by atoms with Gasteiger partial charge in [0.05, 0.1) is 6.61 Å². The van der Waals surface area contributed by atoms with Gasteiger partial charge in [-0.3, -0.25) is 0 Å². The van der Waals surface area contributed by atoms with Crippen LogP contribution in [0.1, 0.15) is 58.4 Å². The summed E-state index contributed by atoms with van der Waals surface area (Å²) in [6, 6.07) is 10.6. The Labute approximate surface area is 154 Å². The summed E-state index contributed by atoms with van der Waals surface area (Å²) in [5, 5.41) is 2.47. The maximum Gasteiger partial charge on any atom is 0.150 e. The molecule has 0 fully saturated rings. The van der Waals surface area contributed by atoms with Crippen LogP contribution in [0.3, 0.4) is 0 Å². The van der Waals surface area contributed by atoms with Crippen molar-refractivity contribution in [3.05, 3.63) is 35.9 Å². The van der Waals surface area contributed by atoms with Gasteiger partial charge in [-0.1, -0.05) is 51.7 Å². The summed E-state index contributed by atoms with van der Waals surface area (Å²) in [5.74, 6) is 1.92. The van der Waals surface area contributed by atoms with Gasteiger partial charge in [0.15, 0.2) is 5.01 Å². The fourth-order valence-electron chi connectivity index (χ4n) is 2.99. The molecular weight excluding hydrogens is 364 g/mol. The summed E-state index contributed by atoms with van der Waals surface area (Å²) in [6.07, 6.45) is 7.26. The third kappa shape index (κ3) is 5.41. The number of aryl methyl sites for hydroxylation is 1. The largest absolute Gasteiger partial charge is 0.494 e. The molecular formula is C21H29BrO2. The van der Waals surface area contributed by atoms with Crippen molar-refractivity contribution >= 4 is 26.7 Å². The molecule has 0 amide bonds. The van der Waals surface area contributed by atoms with Gasteiger partial charge >= 0.3 is 0 Å². The lowest BCUT2D eigenvalue weighted by atomic mass is 10.0. The summed E-state index contributed by atoms with van der Waals surface area (Å²) in [4.78, 5) is 0. The first-order valence-corrected chi connectivity index (χ1v) is 10.1. The molecule has 0 heterocycles. The Morgan fingerprint density at radius 3 is 2.50 bits per heavy atom. The van der Waals surface area contributed by atoms with Crippen molar-refractivity contribution in [1.29, 1.82) is 0 Å². The summed E-state index contributed by atoms with van der Waals surface area (Å²) >= 11 is 3.46. The first kappa shape index (κ1) is 19.1. The van der Waals surface area contributed by atoms with E-state index < -0.39 is 0 Å².